The summed E-state index contributed by atoms with van der Waals surface area (Å²) in [5, 5.41) is 9.17. The van der Waals surface area contributed by atoms with Crippen LogP contribution in [-0.2, 0) is 0 Å². The van der Waals surface area contributed by atoms with Gasteiger partial charge in [-0.1, -0.05) is 206 Å². The molecule has 4 heterocycles. The molecule has 0 saturated heterocycles. The topological polar surface area (TPSA) is 49.1 Å². The molecule has 17 aromatic carbocycles. The SMILES string of the molecule is c1ccc(N(c2ccc(N(c3ccc(-c4cccc5c4oc4ccccc45)cc3)c3ccc(N(c4ccc(-c5cccc6c5oc5ccccc56)cc4)c4ccc(N(c5ccccc5)c5ccc6c(c5)c5ccccc5n6-c5ccccc5)cc4)cc3)cc2)c2ccc3c(c2)c2ccccc2n3-c2ccccc2)cc1. The second-order valence-corrected chi connectivity index (χ2v) is 28.0. The van der Waals surface area contributed by atoms with Crippen LogP contribution in [0.25, 0.3) is 121 Å². The Morgan fingerprint density at radius 3 is 0.782 bits per heavy atom. The lowest BCUT2D eigenvalue weighted by Gasteiger charge is -2.30. The van der Waals surface area contributed by atoms with Crippen LogP contribution in [0.15, 0.2) is 421 Å². The van der Waals surface area contributed by atoms with E-state index in [9.17, 15) is 0 Å². The van der Waals surface area contributed by atoms with Gasteiger partial charge in [0, 0.05) is 134 Å². The van der Waals surface area contributed by atoms with Crippen LogP contribution in [0, 0.1) is 0 Å². The van der Waals surface area contributed by atoms with E-state index < -0.39 is 0 Å². The molecule has 0 aliphatic carbocycles. The molecule has 0 fully saturated rings. The minimum absolute atomic E-state index is 0.875. The number of aromatic nitrogens is 2. The number of hydrogen-bond donors (Lipinski definition) is 0. The summed E-state index contributed by atoms with van der Waals surface area (Å²) in [6.07, 6.45) is 0. The van der Waals surface area contributed by atoms with Gasteiger partial charge in [-0.05, 0) is 217 Å². The molecule has 0 saturated carbocycles. The summed E-state index contributed by atoms with van der Waals surface area (Å²) in [6.45, 7) is 0. The van der Waals surface area contributed by atoms with Gasteiger partial charge in [-0.2, -0.15) is 0 Å². The minimum Gasteiger partial charge on any atom is -0.455 e. The monoisotopic (exact) mass is 1410 g/mol. The Morgan fingerprint density at radius 2 is 0.427 bits per heavy atom. The molecule has 4 aromatic heterocycles. The number of rotatable bonds is 16. The van der Waals surface area contributed by atoms with Crippen LogP contribution in [0.1, 0.15) is 0 Å². The van der Waals surface area contributed by atoms with Crippen molar-refractivity contribution in [3.8, 4) is 33.6 Å². The van der Waals surface area contributed by atoms with Crippen molar-refractivity contribution in [1.82, 2.24) is 9.13 Å². The summed E-state index contributed by atoms with van der Waals surface area (Å²) < 4.78 is 18.0. The van der Waals surface area contributed by atoms with E-state index in [0.29, 0.717) is 0 Å². The second kappa shape index (κ2) is 26.6. The van der Waals surface area contributed by atoms with E-state index in [-0.39, 0.29) is 0 Å². The number of hydrogen-bond acceptors (Lipinski definition) is 6. The molecule has 0 radical (unpaired) electrons. The minimum atomic E-state index is 0.875. The standard InChI is InChI=1S/C102H68N6O2/c1-5-23-71(24-6-1)105(83-63-65-97-93(67-83)87-31-13-17-39-95(87)107(97)73-27-9-3-10-28-73)81-59-55-79(56-60-81)103(75-47-43-69(44-48-75)85-35-21-37-91-89-33-15-19-41-99(89)109-101(85)91)77-51-53-78(54-52-77)104(76-49-45-70(46-50-76)86-36-22-38-92-90-34-16-20-42-100(90)110-102(86)92)80-57-61-82(62-58-80)106(72-25-7-2-8-26-72)84-64-66-98-94(68-84)88-32-14-18-40-96(88)108(98)74-29-11-4-12-30-74/h1-68H. The Labute approximate surface area is 635 Å². The van der Waals surface area contributed by atoms with Gasteiger partial charge >= 0.3 is 0 Å². The number of furan rings is 2. The Balaban J connectivity index is 0.685. The fourth-order valence-corrected chi connectivity index (χ4v) is 16.6. The number of benzene rings is 17. The van der Waals surface area contributed by atoms with Gasteiger partial charge in [-0.25, -0.2) is 0 Å². The van der Waals surface area contributed by atoms with Crippen LogP contribution in [0.4, 0.5) is 68.2 Å². The number of anilines is 12. The molecule has 0 amide bonds. The van der Waals surface area contributed by atoms with Gasteiger partial charge < -0.3 is 37.6 Å². The van der Waals surface area contributed by atoms with Crippen molar-refractivity contribution >= 4 is 156 Å². The lowest BCUT2D eigenvalue weighted by Crippen LogP contribution is -2.13. The quantitative estimate of drug-likeness (QED) is 0.0961. The molecule has 110 heavy (non-hydrogen) atoms. The molecule has 0 N–H and O–H groups in total. The summed E-state index contributed by atoms with van der Waals surface area (Å²) in [4.78, 5) is 9.44. The fourth-order valence-electron chi connectivity index (χ4n) is 16.6. The summed E-state index contributed by atoms with van der Waals surface area (Å²) in [6, 6.07) is 148. The average molecular weight is 1410 g/mol. The number of para-hydroxylation sites is 10. The first-order valence-corrected chi connectivity index (χ1v) is 37.4. The van der Waals surface area contributed by atoms with E-state index in [1.54, 1.807) is 0 Å². The van der Waals surface area contributed by atoms with Gasteiger partial charge in [0.2, 0.25) is 0 Å². The van der Waals surface area contributed by atoms with E-state index in [1.165, 1.54) is 32.6 Å². The van der Waals surface area contributed by atoms with E-state index in [2.05, 4.69) is 417 Å². The molecule has 518 valence electrons. The molecule has 8 nitrogen and oxygen atoms in total. The molecular weight excluding hydrogens is 1340 g/mol. The van der Waals surface area contributed by atoms with E-state index >= 15 is 0 Å². The maximum absolute atomic E-state index is 6.62. The summed E-state index contributed by atoms with van der Waals surface area (Å²) in [5.41, 5.74) is 26.8. The third-order valence-electron chi connectivity index (χ3n) is 21.7. The highest BCUT2D eigenvalue weighted by Crippen LogP contribution is 2.48. The molecule has 0 aliphatic rings. The summed E-state index contributed by atoms with van der Waals surface area (Å²) in [7, 11) is 0. The van der Waals surface area contributed by atoms with Crippen LogP contribution >= 0.6 is 0 Å². The van der Waals surface area contributed by atoms with E-state index in [0.717, 1.165) is 157 Å². The lowest BCUT2D eigenvalue weighted by atomic mass is 10.0. The highest BCUT2D eigenvalue weighted by atomic mass is 16.3. The Bertz CT molecular complexity index is 6570. The molecule has 0 unspecified atom stereocenters. The smallest absolute Gasteiger partial charge is 0.143 e. The Kier molecular flexibility index (Phi) is 15.4. The van der Waals surface area contributed by atoms with Crippen molar-refractivity contribution in [2.24, 2.45) is 0 Å². The molecule has 0 atom stereocenters. The molecule has 8 heteroatoms. The zero-order valence-electron chi connectivity index (χ0n) is 59.8. The van der Waals surface area contributed by atoms with Crippen molar-refractivity contribution < 1.29 is 8.83 Å². The molecule has 0 aliphatic heterocycles. The maximum atomic E-state index is 6.62. The van der Waals surface area contributed by atoms with Gasteiger partial charge in [0.15, 0.2) is 0 Å². The fraction of sp³-hybridized carbons (Fsp3) is 0. The third kappa shape index (κ3) is 10.9. The van der Waals surface area contributed by atoms with Gasteiger partial charge in [0.1, 0.15) is 22.3 Å². The first kappa shape index (κ1) is 63.6. The molecule has 21 rings (SSSR count). The Morgan fingerprint density at radius 1 is 0.173 bits per heavy atom. The zero-order valence-corrected chi connectivity index (χ0v) is 59.8. The van der Waals surface area contributed by atoms with Gasteiger partial charge in [-0.3, -0.25) is 0 Å². The lowest BCUT2D eigenvalue weighted by molar-refractivity contribution is 0.669. The Hall–Kier alpha value is -14.9. The highest BCUT2D eigenvalue weighted by Gasteiger charge is 2.24. The molecule has 0 spiro atoms. The predicted octanol–water partition coefficient (Wildman–Crippen LogP) is 28.9. The van der Waals surface area contributed by atoms with Crippen LogP contribution < -0.4 is 19.6 Å². The first-order valence-electron chi connectivity index (χ1n) is 37.4. The summed E-state index contributed by atoms with van der Waals surface area (Å²) in [5.74, 6) is 0. The summed E-state index contributed by atoms with van der Waals surface area (Å²) >= 11 is 0. The first-order chi connectivity index (χ1) is 54.6. The van der Waals surface area contributed by atoms with Crippen LogP contribution in [0.5, 0.6) is 0 Å². The molecule has 0 bridgehead atoms. The number of fused-ring (bicyclic) bond motifs is 12. The molecule has 21 aromatic rings. The highest BCUT2D eigenvalue weighted by molar-refractivity contribution is 6.14. The average Bonchev–Trinajstić information content (AvgIpc) is 1.58. The second-order valence-electron chi connectivity index (χ2n) is 28.0. The van der Waals surface area contributed by atoms with Gasteiger partial charge in [0.25, 0.3) is 0 Å². The van der Waals surface area contributed by atoms with Gasteiger partial charge in [0.05, 0.1) is 22.1 Å². The van der Waals surface area contributed by atoms with Crippen LogP contribution in [0.2, 0.25) is 0 Å². The third-order valence-corrected chi connectivity index (χ3v) is 21.7. The van der Waals surface area contributed by atoms with Crippen molar-refractivity contribution in [2.45, 2.75) is 0 Å². The normalized spacial score (nSPS) is 11.6. The van der Waals surface area contributed by atoms with E-state index in [1.807, 2.05) is 24.3 Å². The molecular formula is C102H68N6O2. The van der Waals surface area contributed by atoms with Crippen molar-refractivity contribution in [3.05, 3.63) is 413 Å². The van der Waals surface area contributed by atoms with Crippen molar-refractivity contribution in [1.29, 1.82) is 0 Å². The van der Waals surface area contributed by atoms with Gasteiger partial charge in [-0.15, -0.1) is 0 Å². The largest absolute Gasteiger partial charge is 0.455 e. The maximum Gasteiger partial charge on any atom is 0.143 e. The predicted molar refractivity (Wildman–Crippen MR) is 459 cm³/mol. The van der Waals surface area contributed by atoms with Crippen LogP contribution in [0.3, 0.4) is 0 Å². The zero-order chi connectivity index (χ0) is 72.6. The number of nitrogens with zero attached hydrogens (tertiary/aromatic N) is 6. The van der Waals surface area contributed by atoms with Crippen molar-refractivity contribution in [2.75, 3.05) is 19.6 Å². The van der Waals surface area contributed by atoms with Crippen LogP contribution in [-0.4, -0.2) is 9.13 Å². The van der Waals surface area contributed by atoms with Crippen molar-refractivity contribution in [3.63, 3.8) is 0 Å². The van der Waals surface area contributed by atoms with E-state index in [4.69, 9.17) is 8.83 Å².